The van der Waals surface area contributed by atoms with E-state index in [1.54, 1.807) is 25.4 Å². The summed E-state index contributed by atoms with van der Waals surface area (Å²) in [5, 5.41) is 77.3. The lowest BCUT2D eigenvalue weighted by Gasteiger charge is -2.47. The minimum absolute atomic E-state index is 0.00121. The third kappa shape index (κ3) is 10.5. The highest BCUT2D eigenvalue weighted by Gasteiger charge is 2.57. The molecule has 12 N–H and O–H groups in total. The summed E-state index contributed by atoms with van der Waals surface area (Å²) >= 11 is 0. The Kier molecular flexibility index (Phi) is 16.0. The molecule has 3 heterocycles. The molecule has 1 unspecified atom stereocenters. The van der Waals surface area contributed by atoms with Crippen LogP contribution in [-0.2, 0) is 33.3 Å². The summed E-state index contributed by atoms with van der Waals surface area (Å²) in [6.07, 6.45) is 6.42. The average Bonchev–Trinajstić information content (AvgIpc) is 3.83. The number of guanidine groups is 1. The molecule has 2 aliphatic carbocycles. The topological polar surface area (TPSA) is 289 Å². The first-order valence-corrected chi connectivity index (χ1v) is 19.8. The van der Waals surface area contributed by atoms with Gasteiger partial charge in [0, 0.05) is 19.1 Å². The highest BCUT2D eigenvalue weighted by atomic mass is 16.8. The van der Waals surface area contributed by atoms with E-state index in [2.05, 4.69) is 22.2 Å². The number of nitrogens with two attached hydrogens (primary N) is 1. The van der Waals surface area contributed by atoms with Crippen molar-refractivity contribution in [1.82, 2.24) is 10.6 Å². The number of allylic oxidation sites excluding steroid dienone is 2. The van der Waals surface area contributed by atoms with E-state index in [1.807, 2.05) is 0 Å². The zero-order valence-corrected chi connectivity index (χ0v) is 32.8. The number of esters is 1. The van der Waals surface area contributed by atoms with Crippen LogP contribution in [0.1, 0.15) is 51.4 Å². The third-order valence-electron chi connectivity index (χ3n) is 11.5. The van der Waals surface area contributed by atoms with Crippen LogP contribution in [0.15, 0.2) is 64.7 Å². The van der Waals surface area contributed by atoms with Gasteiger partial charge in [-0.1, -0.05) is 31.1 Å². The summed E-state index contributed by atoms with van der Waals surface area (Å²) in [4.78, 5) is 31.5. The minimum atomic E-state index is -2.94. The molecule has 2 saturated carbocycles. The van der Waals surface area contributed by atoms with Gasteiger partial charge in [0.2, 0.25) is 12.1 Å². The monoisotopic (exact) mass is 822 g/mol. The van der Waals surface area contributed by atoms with E-state index < -0.39 is 67.1 Å². The molecule has 0 amide bonds. The molecule has 5 aliphatic rings. The second-order valence-electron chi connectivity index (χ2n) is 15.5. The number of hydrogen-bond donors (Lipinski definition) is 11. The van der Waals surface area contributed by atoms with E-state index in [0.717, 1.165) is 44.9 Å². The SMILES string of the molecule is C=C[C@H]1[C@H](O[C@@H]2O[C@H](CO)[C@@H](O)C(O)(O)[C@H]2OCNC)OC=C(C(=O)O[C@@H]2CCC3(CCCC3)C2)[C@H]1/C=C\C1=C[NH+](CCO)CC(C(=O)O)=C1NC(N)=NCCCO. The summed E-state index contributed by atoms with van der Waals surface area (Å²) in [6, 6.07) is 0. The molecule has 0 radical (unpaired) electrons. The largest absolute Gasteiger partial charge is 0.478 e. The van der Waals surface area contributed by atoms with Crippen molar-refractivity contribution in [1.29, 1.82) is 0 Å². The van der Waals surface area contributed by atoms with Gasteiger partial charge in [-0.15, -0.1) is 6.58 Å². The third-order valence-corrected chi connectivity index (χ3v) is 11.5. The summed E-state index contributed by atoms with van der Waals surface area (Å²) in [5.41, 5.74) is 6.84. The standard InChI is InChI=1S/C39H59N5O14/c1-3-25-26(8-7-23-18-44(14-16-46)19-27(33(49)50)30(23)43-37(40)42-13-6-15-45)28(34(51)56-24-9-12-38(17-24)10-4-5-11-38)21-54-35(25)58-36-32(55-22-41-2)39(52,53)31(48)29(20-47)57-36/h3,7-8,18,21,24-26,29,31-32,35-36,41,45-48,52-53H,1,4-6,9-17,19-20,22H2,2H3,(H,49,50)(H3,40,42,43)/p+1/b8-7-/t24-,25-,26+,29-,31-,32+,35+,36+/m1/s1. The fourth-order valence-corrected chi connectivity index (χ4v) is 8.49. The number of aliphatic hydroxyl groups excluding tert-OH is 4. The van der Waals surface area contributed by atoms with Gasteiger partial charge < -0.3 is 75.4 Å². The number of carbonyl (C=O) groups excluding carboxylic acids is 1. The van der Waals surface area contributed by atoms with Gasteiger partial charge in [0.15, 0.2) is 18.4 Å². The molecule has 58 heavy (non-hydrogen) atoms. The second-order valence-corrected chi connectivity index (χ2v) is 15.5. The van der Waals surface area contributed by atoms with E-state index >= 15 is 0 Å². The molecule has 1 saturated heterocycles. The van der Waals surface area contributed by atoms with Crippen molar-refractivity contribution in [2.75, 3.05) is 53.2 Å². The molecule has 0 aromatic heterocycles. The molecule has 19 nitrogen and oxygen atoms in total. The number of nitrogens with one attached hydrogen (secondary N) is 3. The summed E-state index contributed by atoms with van der Waals surface area (Å²) in [6.45, 7) is 2.99. The maximum Gasteiger partial charge on any atom is 0.339 e. The first-order valence-electron chi connectivity index (χ1n) is 19.8. The molecule has 3 fully saturated rings. The van der Waals surface area contributed by atoms with Crippen molar-refractivity contribution in [3.05, 3.63) is 59.7 Å². The van der Waals surface area contributed by atoms with Crippen molar-refractivity contribution in [2.45, 2.75) is 94.1 Å². The number of rotatable bonds is 18. The number of hydrogen-bond acceptors (Lipinski definition) is 15. The van der Waals surface area contributed by atoms with Crippen LogP contribution in [-0.4, -0.2) is 150 Å². The normalized spacial score (nSPS) is 32.2. The minimum Gasteiger partial charge on any atom is -0.478 e. The van der Waals surface area contributed by atoms with Crippen LogP contribution in [0.3, 0.4) is 0 Å². The number of carbonyl (C=O) groups is 2. The number of quaternary nitrogens is 1. The zero-order valence-electron chi connectivity index (χ0n) is 32.8. The van der Waals surface area contributed by atoms with Gasteiger partial charge in [-0.05, 0) is 51.0 Å². The molecule has 0 bridgehead atoms. The van der Waals surface area contributed by atoms with Crippen LogP contribution in [0.4, 0.5) is 0 Å². The Hall–Kier alpha value is -3.73. The van der Waals surface area contributed by atoms with Gasteiger partial charge in [-0.2, -0.15) is 0 Å². The number of aliphatic hydroxyl groups is 6. The fourth-order valence-electron chi connectivity index (χ4n) is 8.49. The van der Waals surface area contributed by atoms with Gasteiger partial charge >= 0.3 is 11.9 Å². The van der Waals surface area contributed by atoms with Crippen LogP contribution < -0.4 is 21.3 Å². The van der Waals surface area contributed by atoms with E-state index in [-0.39, 0.29) is 73.9 Å². The number of nitrogens with zero attached hydrogens (tertiary/aromatic N) is 1. The quantitative estimate of drug-likeness (QED) is 0.0172. The molecule has 5 rings (SSSR count). The molecular weight excluding hydrogens is 762 g/mol. The molecular formula is C39H60N5O14+. The van der Waals surface area contributed by atoms with Crippen molar-refractivity contribution >= 4 is 17.9 Å². The van der Waals surface area contributed by atoms with Crippen LogP contribution in [0, 0.1) is 17.3 Å². The first kappa shape index (κ1) is 45.4. The molecule has 3 aliphatic heterocycles. The summed E-state index contributed by atoms with van der Waals surface area (Å²) in [7, 11) is 1.54. The highest BCUT2D eigenvalue weighted by Crippen LogP contribution is 2.51. The van der Waals surface area contributed by atoms with Gasteiger partial charge in [-0.3, -0.25) is 10.3 Å². The Labute approximate surface area is 337 Å². The Morgan fingerprint density at radius 1 is 1.16 bits per heavy atom. The number of aliphatic imine (C=N–C) groups is 1. The van der Waals surface area contributed by atoms with Crippen LogP contribution in [0.2, 0.25) is 0 Å². The fraction of sp³-hybridized carbons (Fsp3) is 0.667. The van der Waals surface area contributed by atoms with E-state index in [9.17, 15) is 45.3 Å². The molecule has 324 valence electrons. The van der Waals surface area contributed by atoms with Gasteiger partial charge in [0.1, 0.15) is 43.2 Å². The van der Waals surface area contributed by atoms with Gasteiger partial charge in [-0.25, -0.2) is 9.59 Å². The number of aliphatic carboxylic acids is 1. The summed E-state index contributed by atoms with van der Waals surface area (Å²) < 4.78 is 29.7. The van der Waals surface area contributed by atoms with Gasteiger partial charge in [0.05, 0.1) is 49.0 Å². The Balaban J connectivity index is 1.51. The van der Waals surface area contributed by atoms with Crippen molar-refractivity contribution in [2.24, 2.45) is 28.0 Å². The van der Waals surface area contributed by atoms with Crippen molar-refractivity contribution in [3.8, 4) is 0 Å². The molecule has 0 aromatic carbocycles. The van der Waals surface area contributed by atoms with Crippen LogP contribution >= 0.6 is 0 Å². The van der Waals surface area contributed by atoms with E-state index in [4.69, 9.17) is 29.4 Å². The molecule has 19 heteroatoms. The zero-order chi connectivity index (χ0) is 42.0. The number of carboxylic acid groups (broad SMARTS) is 1. The average molecular weight is 823 g/mol. The smallest absolute Gasteiger partial charge is 0.339 e. The lowest BCUT2D eigenvalue weighted by Crippen LogP contribution is -3.09. The van der Waals surface area contributed by atoms with Crippen LogP contribution in [0.5, 0.6) is 0 Å². The second kappa shape index (κ2) is 20.5. The number of ether oxygens (including phenoxy) is 5. The Bertz CT molecular complexity index is 1610. The first-order chi connectivity index (χ1) is 27.8. The van der Waals surface area contributed by atoms with Crippen molar-refractivity contribution < 1.29 is 73.9 Å². The molecule has 1 spiro atoms. The van der Waals surface area contributed by atoms with E-state index in [0.29, 0.717) is 16.9 Å². The predicted molar refractivity (Wildman–Crippen MR) is 205 cm³/mol. The maximum atomic E-state index is 14.1. The van der Waals surface area contributed by atoms with Crippen LogP contribution in [0.25, 0.3) is 0 Å². The summed E-state index contributed by atoms with van der Waals surface area (Å²) in [5.74, 6) is -6.72. The lowest BCUT2D eigenvalue weighted by molar-refractivity contribution is -0.843. The molecule has 0 aromatic rings. The molecule has 9 atom stereocenters. The lowest BCUT2D eigenvalue weighted by atomic mass is 9.83. The Morgan fingerprint density at radius 3 is 2.57 bits per heavy atom. The maximum absolute atomic E-state index is 14.1. The van der Waals surface area contributed by atoms with Gasteiger partial charge in [0.25, 0.3) is 0 Å². The highest BCUT2D eigenvalue weighted by molar-refractivity contribution is 5.92. The predicted octanol–water partition coefficient (Wildman–Crippen LogP) is -2.40. The van der Waals surface area contributed by atoms with Crippen molar-refractivity contribution in [3.63, 3.8) is 0 Å². The Morgan fingerprint density at radius 2 is 1.91 bits per heavy atom. The van der Waals surface area contributed by atoms with E-state index in [1.165, 1.54) is 12.3 Å². The number of carboxylic acids is 1.